The highest BCUT2D eigenvalue weighted by molar-refractivity contribution is 9.10. The maximum atomic E-state index is 12.2. The summed E-state index contributed by atoms with van der Waals surface area (Å²) in [6.45, 7) is 0. The Balaban J connectivity index is 1.78. The van der Waals surface area contributed by atoms with Crippen LogP contribution < -0.4 is 0 Å². The van der Waals surface area contributed by atoms with E-state index in [1.54, 1.807) is 24.3 Å². The highest BCUT2D eigenvalue weighted by Gasteiger charge is 2.16. The summed E-state index contributed by atoms with van der Waals surface area (Å²) in [4.78, 5) is 12.2. The molecule has 110 valence electrons. The number of aromatic nitrogens is 2. The van der Waals surface area contributed by atoms with Crippen LogP contribution in [-0.2, 0) is 0 Å². The maximum absolute atomic E-state index is 12.2. The summed E-state index contributed by atoms with van der Waals surface area (Å²) in [7, 11) is 0. The van der Waals surface area contributed by atoms with Gasteiger partial charge in [-0.25, -0.2) is 0 Å². The van der Waals surface area contributed by atoms with Crippen molar-refractivity contribution in [2.24, 2.45) is 0 Å². The average molecular weight is 396 g/mol. The van der Waals surface area contributed by atoms with Crippen LogP contribution in [-0.4, -0.2) is 15.3 Å². The van der Waals surface area contributed by atoms with Gasteiger partial charge in [-0.3, -0.25) is 4.79 Å². The van der Waals surface area contributed by atoms with Gasteiger partial charge in [0.1, 0.15) is 0 Å². The Bertz CT molecular complexity index is 820. The zero-order chi connectivity index (χ0) is 15.5. The van der Waals surface area contributed by atoms with Crippen molar-refractivity contribution in [1.82, 2.24) is 10.2 Å². The Hall–Kier alpha value is -1.63. The molecule has 3 rings (SSSR count). The second kappa shape index (κ2) is 6.64. The zero-order valence-electron chi connectivity index (χ0n) is 11.0. The molecule has 0 bridgehead atoms. The van der Waals surface area contributed by atoms with Gasteiger partial charge in [0.15, 0.2) is 0 Å². The number of carbonyl (C=O) groups excluding carboxylic acids is 1. The molecule has 0 spiro atoms. The predicted octanol–water partition coefficient (Wildman–Crippen LogP) is 5.09. The summed E-state index contributed by atoms with van der Waals surface area (Å²) in [6, 6.07) is 14.3. The number of rotatable bonds is 3. The van der Waals surface area contributed by atoms with Crippen molar-refractivity contribution in [2.75, 3.05) is 0 Å². The lowest BCUT2D eigenvalue weighted by atomic mass is 10.2. The molecular formula is C15H8BrClN2O2S. The fourth-order valence-electron chi connectivity index (χ4n) is 1.72. The fraction of sp³-hybridized carbons (Fsp3) is 0. The smallest absolute Gasteiger partial charge is 0.284 e. The monoisotopic (exact) mass is 394 g/mol. The molecule has 0 atom stereocenters. The molecule has 0 aliphatic carbocycles. The van der Waals surface area contributed by atoms with E-state index in [4.69, 9.17) is 16.0 Å². The normalized spacial score (nSPS) is 10.6. The quantitative estimate of drug-likeness (QED) is 0.578. The van der Waals surface area contributed by atoms with Crippen LogP contribution in [0.25, 0.3) is 11.5 Å². The van der Waals surface area contributed by atoms with Gasteiger partial charge in [-0.1, -0.05) is 39.7 Å². The summed E-state index contributed by atoms with van der Waals surface area (Å²) in [5.41, 5.74) is 1.20. The third-order valence-electron chi connectivity index (χ3n) is 2.77. The minimum atomic E-state index is -0.239. The molecule has 0 aliphatic rings. The summed E-state index contributed by atoms with van der Waals surface area (Å²) in [6.07, 6.45) is 0. The van der Waals surface area contributed by atoms with Crippen molar-refractivity contribution < 1.29 is 9.21 Å². The second-order valence-corrected chi connectivity index (χ2v) is 6.50. The average Bonchev–Trinajstić information content (AvgIpc) is 2.97. The highest BCUT2D eigenvalue weighted by atomic mass is 79.9. The van der Waals surface area contributed by atoms with Crippen molar-refractivity contribution in [2.45, 2.75) is 5.22 Å². The van der Waals surface area contributed by atoms with Crippen molar-refractivity contribution in [3.05, 3.63) is 63.6 Å². The van der Waals surface area contributed by atoms with E-state index in [0.717, 1.165) is 21.8 Å². The molecule has 3 aromatic rings. The third-order valence-corrected chi connectivity index (χ3v) is 4.37. The van der Waals surface area contributed by atoms with Crippen LogP contribution in [0.5, 0.6) is 0 Å². The van der Waals surface area contributed by atoms with Gasteiger partial charge in [-0.2, -0.15) is 0 Å². The lowest BCUT2D eigenvalue weighted by Gasteiger charge is -1.99. The fourth-order valence-corrected chi connectivity index (χ4v) is 2.91. The Labute approximate surface area is 144 Å². The Morgan fingerprint density at radius 2 is 1.82 bits per heavy atom. The van der Waals surface area contributed by atoms with Crippen LogP contribution >= 0.6 is 39.3 Å². The minimum Gasteiger partial charge on any atom is -0.411 e. The molecule has 0 saturated carbocycles. The molecule has 0 unspecified atom stereocenters. The Morgan fingerprint density at radius 1 is 1.09 bits per heavy atom. The minimum absolute atomic E-state index is 0.183. The van der Waals surface area contributed by atoms with Crippen molar-refractivity contribution >= 4 is 44.4 Å². The molecule has 7 heteroatoms. The molecule has 0 radical (unpaired) electrons. The number of thioether (sulfide) groups is 1. The largest absolute Gasteiger partial charge is 0.411 e. The molecule has 4 nitrogen and oxygen atoms in total. The van der Waals surface area contributed by atoms with Crippen molar-refractivity contribution in [1.29, 1.82) is 0 Å². The van der Waals surface area contributed by atoms with Crippen LogP contribution in [0.15, 0.2) is 62.6 Å². The Kier molecular flexibility index (Phi) is 4.61. The van der Waals surface area contributed by atoms with Gasteiger partial charge >= 0.3 is 0 Å². The van der Waals surface area contributed by atoms with Crippen LogP contribution in [0.4, 0.5) is 0 Å². The zero-order valence-corrected chi connectivity index (χ0v) is 14.2. The van der Waals surface area contributed by atoms with Crippen molar-refractivity contribution in [3.8, 4) is 11.5 Å². The van der Waals surface area contributed by atoms with Crippen molar-refractivity contribution in [3.63, 3.8) is 0 Å². The molecule has 0 aliphatic heterocycles. The number of hydrogen-bond donors (Lipinski definition) is 0. The molecule has 0 saturated heterocycles. The summed E-state index contributed by atoms with van der Waals surface area (Å²) < 4.78 is 6.46. The van der Waals surface area contributed by atoms with E-state index in [1.807, 2.05) is 24.3 Å². The first kappa shape index (κ1) is 15.3. The van der Waals surface area contributed by atoms with Gasteiger partial charge < -0.3 is 4.42 Å². The van der Waals surface area contributed by atoms with Gasteiger partial charge in [0, 0.05) is 27.4 Å². The summed E-state index contributed by atoms with van der Waals surface area (Å²) >= 11 is 10.2. The predicted molar refractivity (Wildman–Crippen MR) is 89.1 cm³/mol. The van der Waals surface area contributed by atoms with E-state index in [-0.39, 0.29) is 10.3 Å². The van der Waals surface area contributed by atoms with E-state index in [9.17, 15) is 4.79 Å². The van der Waals surface area contributed by atoms with E-state index in [1.165, 1.54) is 0 Å². The number of halogens is 2. The number of carbonyl (C=O) groups is 1. The van der Waals surface area contributed by atoms with Gasteiger partial charge in [-0.05, 0) is 36.4 Å². The lowest BCUT2D eigenvalue weighted by molar-refractivity contribution is 0.108. The van der Waals surface area contributed by atoms with E-state index in [0.29, 0.717) is 16.5 Å². The molecule has 0 fully saturated rings. The highest BCUT2D eigenvalue weighted by Crippen LogP contribution is 2.28. The number of benzene rings is 2. The van der Waals surface area contributed by atoms with E-state index >= 15 is 0 Å². The van der Waals surface area contributed by atoms with Crippen LogP contribution in [0.3, 0.4) is 0 Å². The first-order chi connectivity index (χ1) is 10.6. The van der Waals surface area contributed by atoms with E-state index in [2.05, 4.69) is 26.1 Å². The molecule has 0 N–H and O–H groups in total. The molecule has 1 aromatic heterocycles. The van der Waals surface area contributed by atoms with Crippen LogP contribution in [0.2, 0.25) is 5.02 Å². The summed E-state index contributed by atoms with van der Waals surface area (Å²) in [5.74, 6) is 0.363. The molecular weight excluding hydrogens is 388 g/mol. The maximum Gasteiger partial charge on any atom is 0.284 e. The number of nitrogens with zero attached hydrogens (tertiary/aromatic N) is 2. The van der Waals surface area contributed by atoms with Crippen LogP contribution in [0, 0.1) is 0 Å². The molecule has 22 heavy (non-hydrogen) atoms. The standard InChI is InChI=1S/C15H8BrClN2O2S/c16-10-7-5-9(6-8-10)13-18-19-15(21-13)22-14(20)11-3-1-2-4-12(11)17/h1-8H. The van der Waals surface area contributed by atoms with Crippen LogP contribution in [0.1, 0.15) is 10.4 Å². The Morgan fingerprint density at radius 3 is 2.55 bits per heavy atom. The first-order valence-electron chi connectivity index (χ1n) is 6.19. The SMILES string of the molecule is O=C(Sc1nnc(-c2ccc(Br)cc2)o1)c1ccccc1Cl. The van der Waals surface area contributed by atoms with Gasteiger partial charge in [0.05, 0.1) is 5.02 Å². The van der Waals surface area contributed by atoms with Gasteiger partial charge in [-0.15, -0.1) is 10.2 Å². The number of hydrogen-bond acceptors (Lipinski definition) is 5. The van der Waals surface area contributed by atoms with E-state index < -0.39 is 0 Å². The van der Waals surface area contributed by atoms with Gasteiger partial charge in [0.25, 0.3) is 5.22 Å². The lowest BCUT2D eigenvalue weighted by Crippen LogP contribution is -1.94. The summed E-state index contributed by atoms with van der Waals surface area (Å²) in [5, 5.41) is 8.17. The van der Waals surface area contributed by atoms with Gasteiger partial charge in [0.2, 0.25) is 11.0 Å². The molecule has 2 aromatic carbocycles. The molecule has 1 heterocycles. The second-order valence-electron chi connectivity index (χ2n) is 4.25. The molecule has 0 amide bonds. The topological polar surface area (TPSA) is 56.0 Å². The third kappa shape index (κ3) is 3.40. The first-order valence-corrected chi connectivity index (χ1v) is 8.18.